The third-order valence-electron chi connectivity index (χ3n) is 5.82. The summed E-state index contributed by atoms with van der Waals surface area (Å²) in [6.45, 7) is -2.87. The molecule has 3 aromatic rings. The van der Waals surface area contributed by atoms with Gasteiger partial charge in [0.2, 0.25) is 0 Å². The molecule has 6 heteroatoms. The number of ketones is 1. The molecule has 0 N–H and O–H groups in total. The van der Waals surface area contributed by atoms with Gasteiger partial charge in [0.25, 0.3) is 0 Å². The molecule has 1 fully saturated rings. The Labute approximate surface area is 178 Å². The normalized spacial score (nSPS) is 16.9. The summed E-state index contributed by atoms with van der Waals surface area (Å²) in [4.78, 5) is 17.1. The Bertz CT molecular complexity index is 1130. The highest BCUT2D eigenvalue weighted by Crippen LogP contribution is 2.51. The Balaban J connectivity index is 1.36. The van der Waals surface area contributed by atoms with Gasteiger partial charge in [-0.2, -0.15) is 8.78 Å². The van der Waals surface area contributed by atoms with Crippen molar-refractivity contribution in [3.8, 4) is 22.6 Å². The molecule has 158 valence electrons. The second-order valence-corrected chi connectivity index (χ2v) is 8.00. The first-order valence-electron chi connectivity index (χ1n) is 10.4. The van der Waals surface area contributed by atoms with Crippen molar-refractivity contribution in [3.05, 3.63) is 77.6 Å². The summed E-state index contributed by atoms with van der Waals surface area (Å²) in [5.74, 6) is 1.37. The van der Waals surface area contributed by atoms with E-state index in [1.54, 1.807) is 30.6 Å². The molecule has 1 saturated carbocycles. The molecule has 2 aromatic carbocycles. The molecule has 0 radical (unpaired) electrons. The summed E-state index contributed by atoms with van der Waals surface area (Å²) >= 11 is 0. The first-order valence-corrected chi connectivity index (χ1v) is 10.4. The Hall–Kier alpha value is -3.28. The maximum atomic E-state index is 12.9. The summed E-state index contributed by atoms with van der Waals surface area (Å²) in [6, 6.07) is 14.2. The Morgan fingerprint density at radius 1 is 1.13 bits per heavy atom. The molecule has 0 spiro atoms. The molecule has 1 unspecified atom stereocenters. The SMILES string of the molecule is O=C(CCc1cccc(OC(F)F)c1)c1ccc2c(c1)C(C1CC1)Oc1cnccc1-2. The summed E-state index contributed by atoms with van der Waals surface area (Å²) < 4.78 is 35.5. The minimum Gasteiger partial charge on any atom is -0.483 e. The van der Waals surface area contributed by atoms with Gasteiger partial charge in [-0.1, -0.05) is 24.3 Å². The van der Waals surface area contributed by atoms with Crippen LogP contribution in [-0.4, -0.2) is 17.4 Å². The third-order valence-corrected chi connectivity index (χ3v) is 5.82. The van der Waals surface area contributed by atoms with Crippen molar-refractivity contribution in [2.75, 3.05) is 0 Å². The van der Waals surface area contributed by atoms with Gasteiger partial charge in [-0.05, 0) is 54.7 Å². The van der Waals surface area contributed by atoms with Gasteiger partial charge in [-0.3, -0.25) is 9.78 Å². The zero-order valence-electron chi connectivity index (χ0n) is 16.8. The van der Waals surface area contributed by atoms with Crippen LogP contribution in [0, 0.1) is 5.92 Å². The van der Waals surface area contributed by atoms with Crippen LogP contribution in [0.15, 0.2) is 60.9 Å². The minimum absolute atomic E-state index is 0.0121. The van der Waals surface area contributed by atoms with E-state index in [9.17, 15) is 13.6 Å². The Kier molecular flexibility index (Phi) is 5.14. The van der Waals surface area contributed by atoms with Crippen molar-refractivity contribution >= 4 is 5.78 Å². The largest absolute Gasteiger partial charge is 0.483 e. The fourth-order valence-electron chi connectivity index (χ4n) is 4.14. The van der Waals surface area contributed by atoms with E-state index in [2.05, 4.69) is 9.72 Å². The molecule has 1 atom stereocenters. The van der Waals surface area contributed by atoms with E-state index in [1.165, 1.54) is 6.07 Å². The molecular formula is C25H21F2NO3. The van der Waals surface area contributed by atoms with Crippen LogP contribution in [0.3, 0.4) is 0 Å². The number of Topliss-reactive ketones (excluding diaryl/α,β-unsaturated/α-hetero) is 1. The molecule has 2 aliphatic rings. The lowest BCUT2D eigenvalue weighted by Gasteiger charge is -2.29. The maximum Gasteiger partial charge on any atom is 0.387 e. The zero-order valence-corrected chi connectivity index (χ0v) is 16.8. The van der Waals surface area contributed by atoms with Gasteiger partial charge >= 0.3 is 6.61 Å². The number of nitrogens with zero attached hydrogens (tertiary/aromatic N) is 1. The van der Waals surface area contributed by atoms with E-state index >= 15 is 0 Å². The van der Waals surface area contributed by atoms with Crippen molar-refractivity contribution < 1.29 is 23.0 Å². The summed E-state index contributed by atoms with van der Waals surface area (Å²) in [5.41, 5.74) is 4.57. The second kappa shape index (κ2) is 8.10. The predicted molar refractivity (Wildman–Crippen MR) is 111 cm³/mol. The number of halogens is 2. The Morgan fingerprint density at radius 2 is 2.00 bits per heavy atom. The van der Waals surface area contributed by atoms with Crippen LogP contribution in [-0.2, 0) is 6.42 Å². The molecule has 31 heavy (non-hydrogen) atoms. The fourth-order valence-corrected chi connectivity index (χ4v) is 4.14. The first-order chi connectivity index (χ1) is 15.1. The molecule has 1 aliphatic heterocycles. The summed E-state index contributed by atoms with van der Waals surface area (Å²) in [6.07, 6.45) is 6.42. The lowest BCUT2D eigenvalue weighted by atomic mass is 9.89. The number of aryl methyl sites for hydroxylation is 1. The van der Waals surface area contributed by atoms with E-state index < -0.39 is 6.61 Å². The predicted octanol–water partition coefficient (Wildman–Crippen LogP) is 6.01. The summed E-state index contributed by atoms with van der Waals surface area (Å²) in [5, 5.41) is 0. The van der Waals surface area contributed by atoms with Gasteiger partial charge in [0.15, 0.2) is 5.78 Å². The molecule has 4 nitrogen and oxygen atoms in total. The van der Waals surface area contributed by atoms with Gasteiger partial charge in [0.1, 0.15) is 17.6 Å². The van der Waals surface area contributed by atoms with E-state index in [4.69, 9.17) is 4.74 Å². The lowest BCUT2D eigenvalue weighted by Crippen LogP contribution is -2.17. The number of aromatic nitrogens is 1. The smallest absolute Gasteiger partial charge is 0.387 e. The van der Waals surface area contributed by atoms with Crippen LogP contribution in [0.25, 0.3) is 11.1 Å². The van der Waals surface area contributed by atoms with E-state index in [0.29, 0.717) is 17.9 Å². The molecular weight excluding hydrogens is 400 g/mol. The molecule has 2 heterocycles. The van der Waals surface area contributed by atoms with Crippen molar-refractivity contribution in [2.45, 2.75) is 38.4 Å². The van der Waals surface area contributed by atoms with Crippen molar-refractivity contribution in [2.24, 2.45) is 5.92 Å². The quantitative estimate of drug-likeness (QED) is 0.439. The molecule has 5 rings (SSSR count). The highest BCUT2D eigenvalue weighted by Gasteiger charge is 2.38. The number of rotatable bonds is 7. The van der Waals surface area contributed by atoms with Gasteiger partial charge in [0, 0.05) is 35.2 Å². The van der Waals surface area contributed by atoms with Crippen LogP contribution in [0.4, 0.5) is 8.78 Å². The van der Waals surface area contributed by atoms with E-state index in [-0.39, 0.29) is 24.1 Å². The molecule has 0 saturated heterocycles. The average molecular weight is 421 g/mol. The number of fused-ring (bicyclic) bond motifs is 3. The Morgan fingerprint density at radius 3 is 2.81 bits per heavy atom. The number of hydrogen-bond acceptors (Lipinski definition) is 4. The van der Waals surface area contributed by atoms with Crippen LogP contribution in [0.5, 0.6) is 11.5 Å². The van der Waals surface area contributed by atoms with Crippen LogP contribution < -0.4 is 9.47 Å². The average Bonchev–Trinajstić information content (AvgIpc) is 3.62. The van der Waals surface area contributed by atoms with Crippen LogP contribution in [0.2, 0.25) is 0 Å². The van der Waals surface area contributed by atoms with Gasteiger partial charge in [0.05, 0.1) is 6.20 Å². The van der Waals surface area contributed by atoms with Crippen molar-refractivity contribution in [3.63, 3.8) is 0 Å². The molecule has 1 aromatic heterocycles. The summed E-state index contributed by atoms with van der Waals surface area (Å²) in [7, 11) is 0. The first kappa shape index (κ1) is 19.7. The lowest BCUT2D eigenvalue weighted by molar-refractivity contribution is -0.0498. The zero-order chi connectivity index (χ0) is 21.4. The number of hydrogen-bond donors (Lipinski definition) is 0. The number of benzene rings is 2. The minimum atomic E-state index is -2.87. The van der Waals surface area contributed by atoms with E-state index in [0.717, 1.165) is 40.8 Å². The maximum absolute atomic E-state index is 12.9. The second-order valence-electron chi connectivity index (χ2n) is 8.00. The standard InChI is InChI=1S/C25H21F2NO3/c26-25(27)30-18-3-1-2-15(12-18)4-9-22(29)17-7-8-19-20-10-11-28-14-23(20)31-24(16-5-6-16)21(19)13-17/h1-3,7-8,10-14,16,24-25H,4-6,9H2. The van der Waals surface area contributed by atoms with Crippen LogP contribution >= 0.6 is 0 Å². The molecule has 0 bridgehead atoms. The van der Waals surface area contributed by atoms with Gasteiger partial charge < -0.3 is 9.47 Å². The molecule has 0 amide bonds. The number of carbonyl (C=O) groups excluding carboxylic acids is 1. The van der Waals surface area contributed by atoms with Gasteiger partial charge in [-0.15, -0.1) is 0 Å². The number of pyridine rings is 1. The highest BCUT2D eigenvalue weighted by atomic mass is 19.3. The van der Waals surface area contributed by atoms with Crippen LogP contribution in [0.1, 0.15) is 46.9 Å². The topological polar surface area (TPSA) is 48.4 Å². The van der Waals surface area contributed by atoms with Crippen molar-refractivity contribution in [1.29, 1.82) is 0 Å². The third kappa shape index (κ3) is 4.15. The number of alkyl halides is 2. The van der Waals surface area contributed by atoms with Gasteiger partial charge in [-0.25, -0.2) is 0 Å². The van der Waals surface area contributed by atoms with Crippen molar-refractivity contribution in [1.82, 2.24) is 4.98 Å². The fraction of sp³-hybridized carbons (Fsp3) is 0.280. The van der Waals surface area contributed by atoms with E-state index in [1.807, 2.05) is 24.3 Å². The highest BCUT2D eigenvalue weighted by molar-refractivity contribution is 5.97. The number of ether oxygens (including phenoxy) is 2. The monoisotopic (exact) mass is 421 g/mol. The number of carbonyl (C=O) groups is 1. The molecule has 1 aliphatic carbocycles.